The number of rotatable bonds is 6. The fraction of sp³-hybridized carbons (Fsp3) is 0.455. The molecule has 1 unspecified atom stereocenters. The first-order valence-corrected chi connectivity index (χ1v) is 10.9. The number of ether oxygens (including phenoxy) is 3. The molecule has 1 atom stereocenters. The summed E-state index contributed by atoms with van der Waals surface area (Å²) in [5.74, 6) is 2.91. The summed E-state index contributed by atoms with van der Waals surface area (Å²) in [4.78, 5) is 14.8. The maximum absolute atomic E-state index is 12.6. The van der Waals surface area contributed by atoms with E-state index in [9.17, 15) is 4.79 Å². The lowest BCUT2D eigenvalue weighted by Crippen LogP contribution is -2.37. The fourth-order valence-electron chi connectivity index (χ4n) is 3.89. The number of aryl methyl sites for hydroxylation is 1. The molecule has 32 heavy (non-hydrogen) atoms. The normalized spacial score (nSPS) is 16.7. The van der Waals surface area contributed by atoms with E-state index >= 15 is 0 Å². The van der Waals surface area contributed by atoms with Crippen LogP contribution in [0.2, 0.25) is 0 Å². The maximum atomic E-state index is 12.6. The Bertz CT molecular complexity index is 1110. The van der Waals surface area contributed by atoms with Gasteiger partial charge in [0.25, 0.3) is 0 Å². The maximum Gasteiger partial charge on any atom is 0.220 e. The van der Waals surface area contributed by atoms with E-state index in [4.69, 9.17) is 19.3 Å². The van der Waals surface area contributed by atoms with Gasteiger partial charge in [-0.3, -0.25) is 4.79 Å². The van der Waals surface area contributed by atoms with Crippen LogP contribution in [0.4, 0.5) is 5.82 Å². The second-order valence-corrected chi connectivity index (χ2v) is 7.87. The van der Waals surface area contributed by atoms with Gasteiger partial charge in [0, 0.05) is 25.9 Å². The number of hydrogen-bond acceptors (Lipinski definition) is 8. The molecule has 1 amide bonds. The van der Waals surface area contributed by atoms with Crippen molar-refractivity contribution in [1.29, 1.82) is 0 Å². The van der Waals surface area contributed by atoms with Crippen LogP contribution in [0.5, 0.6) is 11.5 Å². The third-order valence-electron chi connectivity index (χ3n) is 5.67. The van der Waals surface area contributed by atoms with Crippen LogP contribution >= 0.6 is 0 Å². The van der Waals surface area contributed by atoms with Crippen LogP contribution in [0.15, 0.2) is 30.3 Å². The van der Waals surface area contributed by atoms with Crippen LogP contribution in [0, 0.1) is 0 Å². The second kappa shape index (κ2) is 8.99. The summed E-state index contributed by atoms with van der Waals surface area (Å²) in [5, 5.41) is 16.2. The van der Waals surface area contributed by atoms with E-state index in [0.717, 1.165) is 30.2 Å². The number of benzene rings is 1. The van der Waals surface area contributed by atoms with Gasteiger partial charge < -0.3 is 24.4 Å². The molecule has 168 valence electrons. The molecule has 1 aromatic carbocycles. The Labute approximate surface area is 185 Å². The molecule has 2 aliphatic heterocycles. The molecule has 0 radical (unpaired) electrons. The third-order valence-corrected chi connectivity index (χ3v) is 5.67. The van der Waals surface area contributed by atoms with Crippen LogP contribution in [0.1, 0.15) is 30.8 Å². The number of nitrogens with zero attached hydrogens (tertiary/aromatic N) is 5. The van der Waals surface area contributed by atoms with Gasteiger partial charge in [0.1, 0.15) is 19.0 Å². The van der Waals surface area contributed by atoms with Gasteiger partial charge in [-0.1, -0.05) is 6.07 Å². The lowest BCUT2D eigenvalue weighted by molar-refractivity contribution is -0.121. The summed E-state index contributed by atoms with van der Waals surface area (Å²) in [5.41, 5.74) is 1.63. The molecule has 2 aromatic heterocycles. The van der Waals surface area contributed by atoms with Gasteiger partial charge in [0.15, 0.2) is 23.0 Å². The SMILES string of the molecule is CC(NC(=O)CCc1nnc2ccc(N3CCOCC3)nn12)c1ccc2c(c1)OCCO2. The average Bonchev–Trinajstić information content (AvgIpc) is 3.25. The number of carbonyl (C=O) groups is 1. The summed E-state index contributed by atoms with van der Waals surface area (Å²) in [7, 11) is 0. The number of anilines is 1. The molecule has 1 saturated heterocycles. The topological polar surface area (TPSA) is 103 Å². The minimum atomic E-state index is -0.153. The molecular formula is C22H26N6O4. The smallest absolute Gasteiger partial charge is 0.220 e. The number of fused-ring (bicyclic) bond motifs is 2. The molecule has 3 aromatic rings. The van der Waals surface area contributed by atoms with Crippen molar-refractivity contribution in [2.75, 3.05) is 44.4 Å². The molecule has 0 bridgehead atoms. The van der Waals surface area contributed by atoms with E-state index in [1.807, 2.05) is 37.3 Å². The largest absolute Gasteiger partial charge is 0.486 e. The second-order valence-electron chi connectivity index (χ2n) is 7.87. The Morgan fingerprint density at radius 3 is 2.72 bits per heavy atom. The van der Waals surface area contributed by atoms with E-state index in [2.05, 4.69) is 20.4 Å². The lowest BCUT2D eigenvalue weighted by atomic mass is 10.1. The molecule has 0 aliphatic carbocycles. The number of morpholine rings is 1. The van der Waals surface area contributed by atoms with E-state index in [1.165, 1.54) is 0 Å². The number of aromatic nitrogens is 4. The van der Waals surface area contributed by atoms with Gasteiger partial charge in [-0.05, 0) is 36.8 Å². The van der Waals surface area contributed by atoms with Crippen LogP contribution in [-0.4, -0.2) is 65.2 Å². The first-order valence-electron chi connectivity index (χ1n) is 10.9. The van der Waals surface area contributed by atoms with E-state index in [1.54, 1.807) is 4.52 Å². The Morgan fingerprint density at radius 1 is 1.06 bits per heavy atom. The Kier molecular flexibility index (Phi) is 5.76. The van der Waals surface area contributed by atoms with Gasteiger partial charge in [0.05, 0.1) is 19.3 Å². The molecular weight excluding hydrogens is 412 g/mol. The molecule has 4 heterocycles. The molecule has 5 rings (SSSR count). The van der Waals surface area contributed by atoms with Crippen molar-refractivity contribution in [1.82, 2.24) is 25.1 Å². The summed E-state index contributed by atoms with van der Waals surface area (Å²) < 4.78 is 18.3. The average molecular weight is 438 g/mol. The highest BCUT2D eigenvalue weighted by atomic mass is 16.6. The molecule has 1 fully saturated rings. The van der Waals surface area contributed by atoms with Crippen molar-refractivity contribution >= 4 is 17.4 Å². The van der Waals surface area contributed by atoms with Crippen molar-refractivity contribution in [3.63, 3.8) is 0 Å². The standard InChI is InChI=1S/C22H26N6O4/c1-15(16-2-3-17-18(14-16)32-13-12-31-17)23-22(29)7-6-20-25-24-19-4-5-21(26-28(19)20)27-8-10-30-11-9-27/h2-5,14-15H,6-13H2,1H3,(H,23,29). The van der Waals surface area contributed by atoms with Crippen molar-refractivity contribution in [2.24, 2.45) is 0 Å². The van der Waals surface area contributed by atoms with Gasteiger partial charge in [-0.15, -0.1) is 15.3 Å². The van der Waals surface area contributed by atoms with Crippen molar-refractivity contribution in [3.05, 3.63) is 41.7 Å². The summed E-state index contributed by atoms with van der Waals surface area (Å²) in [6.45, 7) is 6.02. The number of carbonyl (C=O) groups excluding carboxylic acids is 1. The summed E-state index contributed by atoms with van der Waals surface area (Å²) in [6.07, 6.45) is 0.736. The summed E-state index contributed by atoms with van der Waals surface area (Å²) in [6, 6.07) is 9.44. The Balaban J connectivity index is 1.22. The highest BCUT2D eigenvalue weighted by Gasteiger charge is 2.18. The first kappa shape index (κ1) is 20.5. The van der Waals surface area contributed by atoms with Gasteiger partial charge in [0.2, 0.25) is 5.91 Å². The van der Waals surface area contributed by atoms with Gasteiger partial charge in [-0.2, -0.15) is 4.52 Å². The lowest BCUT2D eigenvalue weighted by Gasteiger charge is -2.27. The highest BCUT2D eigenvalue weighted by Crippen LogP contribution is 2.32. The van der Waals surface area contributed by atoms with Crippen LogP contribution in [0.25, 0.3) is 5.65 Å². The van der Waals surface area contributed by atoms with Crippen LogP contribution in [0.3, 0.4) is 0 Å². The van der Waals surface area contributed by atoms with Gasteiger partial charge >= 0.3 is 0 Å². The zero-order valence-corrected chi connectivity index (χ0v) is 18.0. The predicted octanol–water partition coefficient (Wildman–Crippen LogP) is 1.54. The minimum Gasteiger partial charge on any atom is -0.486 e. The zero-order valence-electron chi connectivity index (χ0n) is 18.0. The molecule has 1 N–H and O–H groups in total. The van der Waals surface area contributed by atoms with Crippen molar-refractivity contribution in [3.8, 4) is 11.5 Å². The first-order chi connectivity index (χ1) is 15.7. The Hall–Kier alpha value is -3.40. The molecule has 0 saturated carbocycles. The van der Waals surface area contributed by atoms with Crippen LogP contribution < -0.4 is 19.7 Å². The zero-order chi connectivity index (χ0) is 21.9. The monoisotopic (exact) mass is 438 g/mol. The third kappa shape index (κ3) is 4.31. The van der Waals surface area contributed by atoms with E-state index in [-0.39, 0.29) is 11.9 Å². The highest BCUT2D eigenvalue weighted by molar-refractivity contribution is 5.76. The van der Waals surface area contributed by atoms with Crippen molar-refractivity contribution < 1.29 is 19.0 Å². The van der Waals surface area contributed by atoms with Crippen molar-refractivity contribution in [2.45, 2.75) is 25.8 Å². The Morgan fingerprint density at radius 2 is 1.88 bits per heavy atom. The summed E-state index contributed by atoms with van der Waals surface area (Å²) >= 11 is 0. The van der Waals surface area contributed by atoms with Gasteiger partial charge in [-0.25, -0.2) is 0 Å². The van der Waals surface area contributed by atoms with E-state index in [0.29, 0.717) is 56.5 Å². The quantitative estimate of drug-likeness (QED) is 0.618. The molecule has 0 spiro atoms. The fourth-order valence-corrected chi connectivity index (χ4v) is 3.89. The van der Waals surface area contributed by atoms with Crippen LogP contribution in [-0.2, 0) is 16.0 Å². The number of nitrogens with one attached hydrogen (secondary N) is 1. The predicted molar refractivity (Wildman–Crippen MR) is 116 cm³/mol. The molecule has 2 aliphatic rings. The number of amides is 1. The van der Waals surface area contributed by atoms with E-state index < -0.39 is 0 Å². The molecule has 10 heteroatoms. The minimum absolute atomic E-state index is 0.0616. The molecule has 10 nitrogen and oxygen atoms in total. The number of hydrogen-bond donors (Lipinski definition) is 1.